The quantitative estimate of drug-likeness (QED) is 0.632. The zero-order chi connectivity index (χ0) is 11.1. The molecule has 0 aromatic carbocycles. The molecule has 2 unspecified atom stereocenters. The van der Waals surface area contributed by atoms with E-state index in [1.165, 1.54) is 0 Å². The molecule has 0 spiro atoms. The van der Waals surface area contributed by atoms with E-state index >= 15 is 0 Å². The van der Waals surface area contributed by atoms with Crippen LogP contribution in [0, 0.1) is 5.92 Å². The van der Waals surface area contributed by atoms with Crippen molar-refractivity contribution in [2.45, 2.75) is 39.3 Å². The summed E-state index contributed by atoms with van der Waals surface area (Å²) < 4.78 is 0. The van der Waals surface area contributed by atoms with Crippen LogP contribution >= 0.6 is 0 Å². The van der Waals surface area contributed by atoms with E-state index in [0.29, 0.717) is 5.92 Å². The molecule has 1 amide bonds. The van der Waals surface area contributed by atoms with E-state index in [-0.39, 0.29) is 18.0 Å². The normalized spacial score (nSPS) is 14.9. The summed E-state index contributed by atoms with van der Waals surface area (Å²) in [7, 11) is 1.80. The molecule has 0 aromatic rings. The molecular formula is C11H22N2O. The third-order valence-electron chi connectivity index (χ3n) is 2.31. The summed E-state index contributed by atoms with van der Waals surface area (Å²) in [6.45, 7) is 9.75. The summed E-state index contributed by atoms with van der Waals surface area (Å²) in [5.74, 6) is 0.344. The minimum Gasteiger partial charge on any atom is -0.349 e. The van der Waals surface area contributed by atoms with Gasteiger partial charge in [-0.1, -0.05) is 26.8 Å². The molecule has 0 aliphatic heterocycles. The predicted molar refractivity (Wildman–Crippen MR) is 60.1 cm³/mol. The molecule has 14 heavy (non-hydrogen) atoms. The Bertz CT molecular complexity index is 190. The van der Waals surface area contributed by atoms with Crippen LogP contribution in [-0.2, 0) is 4.79 Å². The molecule has 0 bridgehead atoms. The highest BCUT2D eigenvalue weighted by Crippen LogP contribution is 2.02. The maximum absolute atomic E-state index is 11.7. The van der Waals surface area contributed by atoms with Crippen LogP contribution in [0.2, 0.25) is 0 Å². The van der Waals surface area contributed by atoms with Gasteiger partial charge >= 0.3 is 0 Å². The van der Waals surface area contributed by atoms with Gasteiger partial charge in [0, 0.05) is 6.04 Å². The molecule has 82 valence electrons. The summed E-state index contributed by atoms with van der Waals surface area (Å²) in [5, 5.41) is 5.94. The molecule has 2 atom stereocenters. The molecule has 0 heterocycles. The van der Waals surface area contributed by atoms with Crippen LogP contribution in [0.4, 0.5) is 0 Å². The average molecular weight is 198 g/mol. The number of rotatable bonds is 6. The fourth-order valence-corrected chi connectivity index (χ4v) is 1.37. The summed E-state index contributed by atoms with van der Waals surface area (Å²) in [6.07, 6.45) is 2.65. The first kappa shape index (κ1) is 13.2. The monoisotopic (exact) mass is 198 g/mol. The van der Waals surface area contributed by atoms with Crippen LogP contribution in [0.5, 0.6) is 0 Å². The van der Waals surface area contributed by atoms with Gasteiger partial charge in [-0.2, -0.15) is 0 Å². The molecule has 0 aromatic heterocycles. The molecular weight excluding hydrogens is 176 g/mol. The van der Waals surface area contributed by atoms with E-state index in [4.69, 9.17) is 0 Å². The van der Waals surface area contributed by atoms with E-state index in [1.807, 2.05) is 20.8 Å². The molecule has 0 saturated heterocycles. The van der Waals surface area contributed by atoms with Gasteiger partial charge in [0.2, 0.25) is 5.91 Å². The number of likely N-dealkylation sites (N-methyl/N-ethyl adjacent to an activating group) is 1. The van der Waals surface area contributed by atoms with Crippen molar-refractivity contribution in [1.29, 1.82) is 0 Å². The van der Waals surface area contributed by atoms with E-state index in [2.05, 4.69) is 17.2 Å². The molecule has 0 aliphatic rings. The Kier molecular flexibility index (Phi) is 6.21. The van der Waals surface area contributed by atoms with Crippen molar-refractivity contribution in [1.82, 2.24) is 10.6 Å². The minimum atomic E-state index is -0.121. The van der Waals surface area contributed by atoms with Crippen molar-refractivity contribution in [2.24, 2.45) is 5.92 Å². The predicted octanol–water partition coefficient (Wildman–Crippen LogP) is 1.31. The second-order valence-corrected chi connectivity index (χ2v) is 3.77. The van der Waals surface area contributed by atoms with Crippen LogP contribution in [0.15, 0.2) is 12.7 Å². The van der Waals surface area contributed by atoms with Gasteiger partial charge in [0.1, 0.15) is 0 Å². The first-order chi connectivity index (χ1) is 6.56. The van der Waals surface area contributed by atoms with Gasteiger partial charge < -0.3 is 10.6 Å². The highest BCUT2D eigenvalue weighted by molar-refractivity contribution is 5.82. The number of nitrogens with one attached hydrogen (secondary N) is 2. The Labute approximate surface area is 87.0 Å². The third kappa shape index (κ3) is 3.92. The van der Waals surface area contributed by atoms with Crippen LogP contribution in [-0.4, -0.2) is 25.0 Å². The Balaban J connectivity index is 4.22. The standard InChI is InChI=1S/C11H22N2O/c1-6-9(7-2)13-11(14)10(12-5)8(3)4/h6,8-10,12H,1,7H2,2-5H3,(H,13,14). The Morgan fingerprint density at radius 1 is 1.50 bits per heavy atom. The van der Waals surface area contributed by atoms with Crippen LogP contribution in [0.1, 0.15) is 27.2 Å². The lowest BCUT2D eigenvalue weighted by molar-refractivity contribution is -0.124. The Morgan fingerprint density at radius 2 is 2.07 bits per heavy atom. The lowest BCUT2D eigenvalue weighted by Gasteiger charge is -2.22. The number of amides is 1. The molecule has 0 saturated carbocycles. The lowest BCUT2D eigenvalue weighted by atomic mass is 10.0. The Morgan fingerprint density at radius 3 is 2.36 bits per heavy atom. The summed E-state index contributed by atoms with van der Waals surface area (Å²) >= 11 is 0. The highest BCUT2D eigenvalue weighted by atomic mass is 16.2. The first-order valence-electron chi connectivity index (χ1n) is 5.17. The summed E-state index contributed by atoms with van der Waals surface area (Å²) in [5.41, 5.74) is 0. The number of carbonyl (C=O) groups excluding carboxylic acids is 1. The van der Waals surface area contributed by atoms with Gasteiger partial charge in [0.15, 0.2) is 0 Å². The fraction of sp³-hybridized carbons (Fsp3) is 0.727. The van der Waals surface area contributed by atoms with Crippen molar-refractivity contribution in [3.05, 3.63) is 12.7 Å². The smallest absolute Gasteiger partial charge is 0.237 e. The Hall–Kier alpha value is -0.830. The van der Waals surface area contributed by atoms with E-state index in [0.717, 1.165) is 6.42 Å². The van der Waals surface area contributed by atoms with Crippen LogP contribution in [0.3, 0.4) is 0 Å². The molecule has 0 fully saturated rings. The van der Waals surface area contributed by atoms with Crippen molar-refractivity contribution < 1.29 is 4.79 Å². The minimum absolute atomic E-state index is 0.0502. The second kappa shape index (κ2) is 6.60. The molecule has 3 heteroatoms. The molecule has 0 radical (unpaired) electrons. The van der Waals surface area contributed by atoms with E-state index < -0.39 is 0 Å². The molecule has 0 rings (SSSR count). The first-order valence-corrected chi connectivity index (χ1v) is 5.17. The SMILES string of the molecule is C=CC(CC)NC(=O)C(NC)C(C)C. The van der Waals surface area contributed by atoms with Gasteiger partial charge in [0.25, 0.3) is 0 Å². The summed E-state index contributed by atoms with van der Waals surface area (Å²) in [6, 6.07) is -0.0406. The van der Waals surface area contributed by atoms with Gasteiger partial charge in [-0.3, -0.25) is 4.79 Å². The van der Waals surface area contributed by atoms with Crippen LogP contribution in [0.25, 0.3) is 0 Å². The maximum Gasteiger partial charge on any atom is 0.237 e. The number of hydrogen-bond acceptors (Lipinski definition) is 2. The highest BCUT2D eigenvalue weighted by Gasteiger charge is 2.20. The number of hydrogen-bond donors (Lipinski definition) is 2. The van der Waals surface area contributed by atoms with Crippen molar-refractivity contribution in [2.75, 3.05) is 7.05 Å². The van der Waals surface area contributed by atoms with E-state index in [9.17, 15) is 4.79 Å². The zero-order valence-electron chi connectivity index (χ0n) is 9.63. The van der Waals surface area contributed by atoms with Gasteiger partial charge in [0.05, 0.1) is 6.04 Å². The lowest BCUT2D eigenvalue weighted by Crippen LogP contribution is -2.48. The van der Waals surface area contributed by atoms with Crippen molar-refractivity contribution in [3.8, 4) is 0 Å². The number of carbonyl (C=O) groups is 1. The second-order valence-electron chi connectivity index (χ2n) is 3.77. The fourth-order valence-electron chi connectivity index (χ4n) is 1.37. The zero-order valence-corrected chi connectivity index (χ0v) is 9.63. The van der Waals surface area contributed by atoms with Crippen molar-refractivity contribution >= 4 is 5.91 Å². The van der Waals surface area contributed by atoms with Gasteiger partial charge in [-0.15, -0.1) is 6.58 Å². The third-order valence-corrected chi connectivity index (χ3v) is 2.31. The summed E-state index contributed by atoms with van der Waals surface area (Å²) in [4.78, 5) is 11.7. The van der Waals surface area contributed by atoms with Gasteiger partial charge in [-0.25, -0.2) is 0 Å². The average Bonchev–Trinajstić information content (AvgIpc) is 2.14. The van der Waals surface area contributed by atoms with Crippen molar-refractivity contribution in [3.63, 3.8) is 0 Å². The maximum atomic E-state index is 11.7. The topological polar surface area (TPSA) is 41.1 Å². The van der Waals surface area contributed by atoms with Gasteiger partial charge in [-0.05, 0) is 19.4 Å². The molecule has 3 nitrogen and oxygen atoms in total. The van der Waals surface area contributed by atoms with E-state index in [1.54, 1.807) is 13.1 Å². The largest absolute Gasteiger partial charge is 0.349 e. The van der Waals surface area contributed by atoms with Crippen LogP contribution < -0.4 is 10.6 Å². The molecule has 0 aliphatic carbocycles. The molecule has 2 N–H and O–H groups in total.